The molecule has 1 aliphatic heterocycles. The Hall–Kier alpha value is -2.35. The monoisotopic (exact) mass is 290 g/mol. The number of nitrogens with one attached hydrogen (secondary N) is 1. The van der Waals surface area contributed by atoms with Crippen LogP contribution in [0.4, 0.5) is 4.39 Å². The lowest BCUT2D eigenvalue weighted by atomic mass is 10.2. The summed E-state index contributed by atoms with van der Waals surface area (Å²) in [6.07, 6.45) is 0. The smallest absolute Gasteiger partial charge is 0.244 e. The predicted molar refractivity (Wildman–Crippen MR) is 72.7 cm³/mol. The molecular weight excluding hydrogens is 275 g/mol. The van der Waals surface area contributed by atoms with Crippen LogP contribution in [-0.4, -0.2) is 57.2 Å². The van der Waals surface area contributed by atoms with Crippen molar-refractivity contribution in [3.8, 4) is 11.4 Å². The van der Waals surface area contributed by atoms with Gasteiger partial charge >= 0.3 is 0 Å². The Morgan fingerprint density at radius 2 is 1.95 bits per heavy atom. The van der Waals surface area contributed by atoms with E-state index in [9.17, 15) is 9.18 Å². The number of carbonyl (C=O) groups is 1. The van der Waals surface area contributed by atoms with Crippen molar-refractivity contribution in [3.63, 3.8) is 0 Å². The molecule has 0 radical (unpaired) electrons. The molecule has 1 saturated heterocycles. The topological polar surface area (TPSA) is 75.9 Å². The molecular formula is C13H15FN6O. The summed E-state index contributed by atoms with van der Waals surface area (Å²) in [6.45, 7) is 3.05. The number of nitrogens with zero attached hydrogens (tertiary/aromatic N) is 5. The molecule has 110 valence electrons. The van der Waals surface area contributed by atoms with Crippen LogP contribution in [0.1, 0.15) is 0 Å². The number of tetrazole rings is 1. The SMILES string of the molecule is O=C(Cn1nnnc1-c1ccc(F)cc1)N1CCNCC1. The molecule has 1 fully saturated rings. The third-order valence-electron chi connectivity index (χ3n) is 3.39. The lowest BCUT2D eigenvalue weighted by Crippen LogP contribution is -2.47. The van der Waals surface area contributed by atoms with E-state index in [0.29, 0.717) is 24.5 Å². The van der Waals surface area contributed by atoms with Gasteiger partial charge in [0.2, 0.25) is 5.91 Å². The summed E-state index contributed by atoms with van der Waals surface area (Å²) in [5, 5.41) is 14.6. The maximum atomic E-state index is 13.0. The van der Waals surface area contributed by atoms with Crippen molar-refractivity contribution in [2.24, 2.45) is 0 Å². The standard InChI is InChI=1S/C13H15FN6O/c14-11-3-1-10(2-4-11)13-16-17-18-20(13)9-12(21)19-7-5-15-6-8-19/h1-4,15H,5-9H2. The van der Waals surface area contributed by atoms with E-state index in [4.69, 9.17) is 0 Å². The zero-order chi connectivity index (χ0) is 14.7. The van der Waals surface area contributed by atoms with Crippen molar-refractivity contribution < 1.29 is 9.18 Å². The van der Waals surface area contributed by atoms with Crippen LogP contribution in [0.15, 0.2) is 24.3 Å². The van der Waals surface area contributed by atoms with Gasteiger partial charge < -0.3 is 10.2 Å². The Kier molecular flexibility index (Phi) is 3.87. The first-order valence-corrected chi connectivity index (χ1v) is 6.74. The number of hydrogen-bond acceptors (Lipinski definition) is 5. The van der Waals surface area contributed by atoms with E-state index < -0.39 is 0 Å². The Morgan fingerprint density at radius 1 is 1.24 bits per heavy atom. The number of aromatic nitrogens is 4. The van der Waals surface area contributed by atoms with Crippen LogP contribution in [0, 0.1) is 5.82 Å². The van der Waals surface area contributed by atoms with Crippen LogP contribution in [0.2, 0.25) is 0 Å². The van der Waals surface area contributed by atoms with Crippen LogP contribution in [0.5, 0.6) is 0 Å². The number of carbonyl (C=O) groups excluding carboxylic acids is 1. The van der Waals surface area contributed by atoms with E-state index >= 15 is 0 Å². The fourth-order valence-electron chi connectivity index (χ4n) is 2.26. The van der Waals surface area contributed by atoms with Gasteiger partial charge in [0.1, 0.15) is 12.4 Å². The van der Waals surface area contributed by atoms with Gasteiger partial charge in [-0.3, -0.25) is 4.79 Å². The summed E-state index contributed by atoms with van der Waals surface area (Å²) in [4.78, 5) is 14.0. The van der Waals surface area contributed by atoms with Crippen molar-refractivity contribution in [2.75, 3.05) is 26.2 Å². The van der Waals surface area contributed by atoms with E-state index in [-0.39, 0.29) is 18.3 Å². The van der Waals surface area contributed by atoms with Gasteiger partial charge in [-0.15, -0.1) is 5.10 Å². The minimum Gasteiger partial charge on any atom is -0.339 e. The molecule has 7 nitrogen and oxygen atoms in total. The first-order chi connectivity index (χ1) is 10.2. The number of amides is 1. The van der Waals surface area contributed by atoms with Crippen molar-refractivity contribution in [1.29, 1.82) is 0 Å². The summed E-state index contributed by atoms with van der Waals surface area (Å²) in [5.74, 6) is 0.111. The molecule has 1 aromatic carbocycles. The Balaban J connectivity index is 1.76. The van der Waals surface area contributed by atoms with Gasteiger partial charge in [-0.25, -0.2) is 9.07 Å². The maximum absolute atomic E-state index is 13.0. The lowest BCUT2D eigenvalue weighted by Gasteiger charge is -2.27. The van der Waals surface area contributed by atoms with E-state index in [1.807, 2.05) is 0 Å². The normalized spacial score (nSPS) is 15.2. The highest BCUT2D eigenvalue weighted by molar-refractivity contribution is 5.76. The van der Waals surface area contributed by atoms with Crippen molar-refractivity contribution >= 4 is 5.91 Å². The molecule has 1 N–H and O–H groups in total. The molecule has 21 heavy (non-hydrogen) atoms. The average Bonchev–Trinajstić information content (AvgIpc) is 2.97. The minimum absolute atomic E-state index is 0.0211. The van der Waals surface area contributed by atoms with Crippen LogP contribution >= 0.6 is 0 Å². The third kappa shape index (κ3) is 3.05. The van der Waals surface area contributed by atoms with Crippen LogP contribution in [0.3, 0.4) is 0 Å². The highest BCUT2D eigenvalue weighted by Gasteiger charge is 2.19. The van der Waals surface area contributed by atoms with Gasteiger partial charge in [0, 0.05) is 31.7 Å². The van der Waals surface area contributed by atoms with Gasteiger partial charge in [0.05, 0.1) is 0 Å². The fraction of sp³-hybridized carbons (Fsp3) is 0.385. The molecule has 0 bridgehead atoms. The second kappa shape index (κ2) is 5.96. The minimum atomic E-state index is -0.324. The van der Waals surface area contributed by atoms with E-state index in [2.05, 4.69) is 20.8 Å². The van der Waals surface area contributed by atoms with Crippen LogP contribution in [-0.2, 0) is 11.3 Å². The molecule has 1 amide bonds. The highest BCUT2D eigenvalue weighted by atomic mass is 19.1. The molecule has 1 aromatic heterocycles. The zero-order valence-electron chi connectivity index (χ0n) is 11.4. The third-order valence-corrected chi connectivity index (χ3v) is 3.39. The van der Waals surface area contributed by atoms with Gasteiger partial charge in [-0.05, 0) is 34.7 Å². The molecule has 2 aromatic rings. The Labute approximate surface area is 120 Å². The molecule has 0 unspecified atom stereocenters. The molecule has 0 saturated carbocycles. The van der Waals surface area contributed by atoms with Crippen LogP contribution < -0.4 is 5.32 Å². The molecule has 1 aliphatic rings. The van der Waals surface area contributed by atoms with E-state index in [0.717, 1.165) is 13.1 Å². The number of benzene rings is 1. The first kappa shape index (κ1) is 13.6. The van der Waals surface area contributed by atoms with Gasteiger partial charge in [0.15, 0.2) is 5.82 Å². The summed E-state index contributed by atoms with van der Waals surface area (Å²) >= 11 is 0. The average molecular weight is 290 g/mol. The number of piperazine rings is 1. The molecule has 3 rings (SSSR count). The number of halogens is 1. The van der Waals surface area contributed by atoms with Gasteiger partial charge in [0.25, 0.3) is 0 Å². The highest BCUT2D eigenvalue weighted by Crippen LogP contribution is 2.16. The zero-order valence-corrected chi connectivity index (χ0v) is 11.4. The molecule has 0 aliphatic carbocycles. The summed E-state index contributed by atoms with van der Waals surface area (Å²) in [7, 11) is 0. The first-order valence-electron chi connectivity index (χ1n) is 6.74. The van der Waals surface area contributed by atoms with Gasteiger partial charge in [-0.2, -0.15) is 0 Å². The Morgan fingerprint density at radius 3 is 2.67 bits per heavy atom. The summed E-state index contributed by atoms with van der Waals surface area (Å²) in [6, 6.07) is 5.86. The summed E-state index contributed by atoms with van der Waals surface area (Å²) in [5.41, 5.74) is 0.675. The molecule has 0 atom stereocenters. The van der Waals surface area contributed by atoms with Crippen molar-refractivity contribution in [3.05, 3.63) is 30.1 Å². The van der Waals surface area contributed by atoms with Crippen molar-refractivity contribution in [2.45, 2.75) is 6.54 Å². The van der Waals surface area contributed by atoms with Gasteiger partial charge in [-0.1, -0.05) is 0 Å². The molecule has 8 heteroatoms. The van der Waals surface area contributed by atoms with E-state index in [1.54, 1.807) is 17.0 Å². The fourth-order valence-corrected chi connectivity index (χ4v) is 2.26. The second-order valence-corrected chi connectivity index (χ2v) is 4.80. The van der Waals surface area contributed by atoms with Crippen LogP contribution in [0.25, 0.3) is 11.4 Å². The molecule has 0 spiro atoms. The quantitative estimate of drug-likeness (QED) is 0.855. The number of rotatable bonds is 3. The largest absolute Gasteiger partial charge is 0.339 e. The second-order valence-electron chi connectivity index (χ2n) is 4.80. The lowest BCUT2D eigenvalue weighted by molar-refractivity contribution is -0.132. The van der Waals surface area contributed by atoms with Crippen molar-refractivity contribution in [1.82, 2.24) is 30.4 Å². The van der Waals surface area contributed by atoms with E-state index in [1.165, 1.54) is 16.8 Å². The number of hydrogen-bond donors (Lipinski definition) is 1. The predicted octanol–water partition coefficient (Wildman–Crippen LogP) is -0.0890. The summed E-state index contributed by atoms with van der Waals surface area (Å²) < 4.78 is 14.4. The Bertz CT molecular complexity index is 620. The molecule has 2 heterocycles. The maximum Gasteiger partial charge on any atom is 0.244 e.